The zero-order valence-electron chi connectivity index (χ0n) is 19.6. The molecule has 0 aromatic rings. The van der Waals surface area contributed by atoms with Crippen LogP contribution < -0.4 is 10.6 Å². The van der Waals surface area contributed by atoms with Crippen molar-refractivity contribution >= 4 is 35.8 Å². The standard InChI is InChI=1S/C21H43N5O3.HI/c1-6-18(7-2)19(26-11-14-29-15-12-26)16-23-21(22-10-9-13-28-8-3)24-17-20(27)25(4)5;/h18-19H,6-17H2,1-5H3,(H2,22,23,24);1H. The van der Waals surface area contributed by atoms with Crippen molar-refractivity contribution < 1.29 is 14.3 Å². The van der Waals surface area contributed by atoms with Crippen molar-refractivity contribution in [2.45, 2.75) is 46.1 Å². The predicted molar refractivity (Wildman–Crippen MR) is 134 cm³/mol. The molecule has 1 rings (SSSR count). The number of carbonyl (C=O) groups excluding carboxylic acids is 1. The molecule has 1 amide bonds. The number of hydrogen-bond acceptors (Lipinski definition) is 5. The second-order valence-electron chi connectivity index (χ2n) is 7.60. The Morgan fingerprint density at radius 1 is 1.17 bits per heavy atom. The van der Waals surface area contributed by atoms with Gasteiger partial charge in [-0.1, -0.05) is 26.7 Å². The van der Waals surface area contributed by atoms with Gasteiger partial charge in [0.05, 0.1) is 13.2 Å². The highest BCUT2D eigenvalue weighted by Gasteiger charge is 2.27. The van der Waals surface area contributed by atoms with Crippen LogP contribution in [-0.4, -0.2) is 101 Å². The fourth-order valence-corrected chi connectivity index (χ4v) is 3.52. The molecule has 0 bridgehead atoms. The molecule has 1 fully saturated rings. The minimum absolute atomic E-state index is 0. The van der Waals surface area contributed by atoms with E-state index < -0.39 is 0 Å². The molecule has 8 nitrogen and oxygen atoms in total. The van der Waals surface area contributed by atoms with E-state index >= 15 is 0 Å². The highest BCUT2D eigenvalue weighted by atomic mass is 127. The molecule has 0 aromatic carbocycles. The lowest BCUT2D eigenvalue weighted by atomic mass is 9.92. The number of amides is 1. The van der Waals surface area contributed by atoms with E-state index in [1.54, 1.807) is 19.0 Å². The Labute approximate surface area is 200 Å². The smallest absolute Gasteiger partial charge is 0.243 e. The Morgan fingerprint density at radius 2 is 1.83 bits per heavy atom. The number of nitrogens with zero attached hydrogens (tertiary/aromatic N) is 3. The van der Waals surface area contributed by atoms with Gasteiger partial charge in [0, 0.05) is 59.5 Å². The summed E-state index contributed by atoms with van der Waals surface area (Å²) in [5.41, 5.74) is 0. The molecule has 0 aliphatic carbocycles. The minimum atomic E-state index is -0.00913. The fourth-order valence-electron chi connectivity index (χ4n) is 3.52. The number of aliphatic imine (C=N–C) groups is 1. The molecular weight excluding hydrogens is 497 g/mol. The van der Waals surface area contributed by atoms with Crippen LogP contribution in [0.5, 0.6) is 0 Å². The molecule has 0 aromatic heterocycles. The van der Waals surface area contributed by atoms with Crippen molar-refractivity contribution in [3.63, 3.8) is 0 Å². The van der Waals surface area contributed by atoms with Gasteiger partial charge in [-0.2, -0.15) is 0 Å². The average Bonchev–Trinajstić information content (AvgIpc) is 2.74. The van der Waals surface area contributed by atoms with Crippen molar-refractivity contribution in [2.24, 2.45) is 10.9 Å². The Bertz CT molecular complexity index is 470. The quantitative estimate of drug-likeness (QED) is 0.160. The fraction of sp³-hybridized carbons (Fsp3) is 0.905. The largest absolute Gasteiger partial charge is 0.382 e. The number of nitrogens with one attached hydrogen (secondary N) is 2. The maximum Gasteiger partial charge on any atom is 0.243 e. The lowest BCUT2D eigenvalue weighted by Crippen LogP contribution is -2.53. The van der Waals surface area contributed by atoms with Crippen LogP contribution in [0.25, 0.3) is 0 Å². The number of likely N-dealkylation sites (N-methyl/N-ethyl adjacent to an activating group) is 1. The number of hydrogen-bond donors (Lipinski definition) is 2. The third-order valence-electron chi connectivity index (χ3n) is 5.42. The molecule has 1 atom stereocenters. The predicted octanol–water partition coefficient (Wildman–Crippen LogP) is 1.79. The molecule has 0 saturated carbocycles. The second-order valence-corrected chi connectivity index (χ2v) is 7.60. The van der Waals surface area contributed by atoms with Gasteiger partial charge in [0.25, 0.3) is 0 Å². The highest BCUT2D eigenvalue weighted by molar-refractivity contribution is 14.0. The van der Waals surface area contributed by atoms with Crippen LogP contribution in [0.2, 0.25) is 0 Å². The number of morpholine rings is 1. The van der Waals surface area contributed by atoms with Crippen LogP contribution in [0.4, 0.5) is 0 Å². The van der Waals surface area contributed by atoms with E-state index in [1.165, 1.54) is 0 Å². The van der Waals surface area contributed by atoms with Gasteiger partial charge in [-0.3, -0.25) is 9.69 Å². The SMILES string of the molecule is CCOCCCNC(=NCC(=O)N(C)C)NCC(C(CC)CC)N1CCOCC1.I. The number of carbonyl (C=O) groups is 1. The molecule has 30 heavy (non-hydrogen) atoms. The Hall–Kier alpha value is -0.650. The number of ether oxygens (including phenoxy) is 2. The van der Waals surface area contributed by atoms with E-state index in [-0.39, 0.29) is 36.4 Å². The molecule has 1 aliphatic rings. The topological polar surface area (TPSA) is 78.4 Å². The van der Waals surface area contributed by atoms with Crippen LogP contribution >= 0.6 is 24.0 Å². The monoisotopic (exact) mass is 541 g/mol. The molecule has 2 N–H and O–H groups in total. The summed E-state index contributed by atoms with van der Waals surface area (Å²) < 4.78 is 10.9. The molecule has 1 saturated heterocycles. The molecule has 1 unspecified atom stereocenters. The van der Waals surface area contributed by atoms with Crippen molar-refractivity contribution in [1.29, 1.82) is 0 Å². The summed E-state index contributed by atoms with van der Waals surface area (Å²) in [5.74, 6) is 1.30. The van der Waals surface area contributed by atoms with Crippen molar-refractivity contribution in [3.8, 4) is 0 Å². The van der Waals surface area contributed by atoms with Crippen LogP contribution in [-0.2, 0) is 14.3 Å². The highest BCUT2D eigenvalue weighted by Crippen LogP contribution is 2.19. The van der Waals surface area contributed by atoms with Gasteiger partial charge < -0.3 is 25.0 Å². The van der Waals surface area contributed by atoms with E-state index in [2.05, 4.69) is 34.4 Å². The van der Waals surface area contributed by atoms with Crippen LogP contribution in [0.1, 0.15) is 40.0 Å². The van der Waals surface area contributed by atoms with Crippen LogP contribution in [0.3, 0.4) is 0 Å². The first kappa shape index (κ1) is 29.4. The summed E-state index contributed by atoms with van der Waals surface area (Å²) in [6, 6.07) is 0.425. The van der Waals surface area contributed by atoms with E-state index in [4.69, 9.17) is 9.47 Å². The summed E-state index contributed by atoms with van der Waals surface area (Å²) in [6.07, 6.45) is 3.19. The molecular formula is C21H44IN5O3. The number of rotatable bonds is 13. The van der Waals surface area contributed by atoms with E-state index in [0.29, 0.717) is 17.9 Å². The van der Waals surface area contributed by atoms with Crippen LogP contribution in [0.15, 0.2) is 4.99 Å². The first-order valence-electron chi connectivity index (χ1n) is 11.1. The van der Waals surface area contributed by atoms with Gasteiger partial charge in [0.1, 0.15) is 6.54 Å². The third-order valence-corrected chi connectivity index (χ3v) is 5.42. The van der Waals surface area contributed by atoms with Gasteiger partial charge in [-0.15, -0.1) is 24.0 Å². The Morgan fingerprint density at radius 3 is 2.40 bits per heavy atom. The lowest BCUT2D eigenvalue weighted by molar-refractivity contribution is -0.127. The molecule has 0 spiro atoms. The first-order chi connectivity index (χ1) is 14.0. The van der Waals surface area contributed by atoms with Gasteiger partial charge >= 0.3 is 0 Å². The van der Waals surface area contributed by atoms with Gasteiger partial charge in [0.15, 0.2) is 5.96 Å². The average molecular weight is 542 g/mol. The summed E-state index contributed by atoms with van der Waals surface area (Å²) in [5, 5.41) is 6.85. The molecule has 1 aliphatic heterocycles. The van der Waals surface area contributed by atoms with Gasteiger partial charge in [-0.05, 0) is 19.3 Å². The van der Waals surface area contributed by atoms with Gasteiger partial charge in [-0.25, -0.2) is 4.99 Å². The van der Waals surface area contributed by atoms with Crippen molar-refractivity contribution in [3.05, 3.63) is 0 Å². The van der Waals surface area contributed by atoms with Gasteiger partial charge in [0.2, 0.25) is 5.91 Å². The van der Waals surface area contributed by atoms with E-state index in [9.17, 15) is 4.79 Å². The zero-order chi connectivity index (χ0) is 21.5. The zero-order valence-corrected chi connectivity index (χ0v) is 21.9. The Balaban J connectivity index is 0.00000841. The van der Waals surface area contributed by atoms with Crippen molar-refractivity contribution in [1.82, 2.24) is 20.4 Å². The number of guanidine groups is 1. The van der Waals surface area contributed by atoms with Crippen molar-refractivity contribution in [2.75, 3.05) is 73.2 Å². The normalized spacial score (nSPS) is 16.1. The van der Waals surface area contributed by atoms with E-state index in [1.807, 2.05) is 6.92 Å². The molecule has 0 radical (unpaired) electrons. The maximum atomic E-state index is 12.0. The summed E-state index contributed by atoms with van der Waals surface area (Å²) in [4.78, 5) is 20.6. The lowest BCUT2D eigenvalue weighted by Gasteiger charge is -2.39. The van der Waals surface area contributed by atoms with Crippen LogP contribution in [0, 0.1) is 5.92 Å². The molecule has 1 heterocycles. The summed E-state index contributed by atoms with van der Waals surface area (Å²) in [7, 11) is 3.50. The Kier molecular flexibility index (Phi) is 17.6. The second kappa shape index (κ2) is 18.0. The van der Waals surface area contributed by atoms with E-state index in [0.717, 1.165) is 71.9 Å². The first-order valence-corrected chi connectivity index (χ1v) is 11.1. The molecule has 9 heteroatoms. The minimum Gasteiger partial charge on any atom is -0.382 e. The third kappa shape index (κ3) is 11.7. The number of halogens is 1. The maximum absolute atomic E-state index is 12.0. The summed E-state index contributed by atoms with van der Waals surface area (Å²) in [6.45, 7) is 13.2. The summed E-state index contributed by atoms with van der Waals surface area (Å²) >= 11 is 0. The molecule has 178 valence electrons.